The number of hydrogen-bond acceptors (Lipinski definition) is 3. The number of rotatable bonds is 1. The van der Waals surface area contributed by atoms with Crippen molar-refractivity contribution >= 4 is 34.7 Å². The van der Waals surface area contributed by atoms with E-state index in [1.807, 2.05) is 6.07 Å². The van der Waals surface area contributed by atoms with Gasteiger partial charge in [0.15, 0.2) is 0 Å². The lowest BCUT2D eigenvalue weighted by molar-refractivity contribution is 0.186. The Labute approximate surface area is 90.4 Å². The molecule has 0 aliphatic carbocycles. The van der Waals surface area contributed by atoms with Gasteiger partial charge < -0.3 is 9.72 Å². The molecule has 0 saturated carbocycles. The zero-order valence-corrected chi connectivity index (χ0v) is 8.63. The Morgan fingerprint density at radius 1 is 1.60 bits per heavy atom. The van der Waals surface area contributed by atoms with E-state index in [9.17, 15) is 4.79 Å². The topological polar surface area (TPSA) is 67.0 Å². The summed E-state index contributed by atoms with van der Waals surface area (Å²) in [5, 5.41) is 2.95. The molecule has 0 atom stereocenters. The zero-order valence-electron chi connectivity index (χ0n) is 7.87. The van der Waals surface area contributed by atoms with Crippen LogP contribution in [0.2, 0.25) is 5.02 Å². The largest absolute Gasteiger partial charge is 0.453 e. The minimum absolute atomic E-state index is 0.310. The first-order valence-electron chi connectivity index (χ1n) is 4.20. The van der Waals surface area contributed by atoms with Crippen molar-refractivity contribution in [2.24, 2.45) is 0 Å². The van der Waals surface area contributed by atoms with Crippen LogP contribution in [0.15, 0.2) is 18.2 Å². The molecule has 0 unspecified atom stereocenters. The van der Waals surface area contributed by atoms with Crippen molar-refractivity contribution in [3.8, 4) is 0 Å². The number of anilines is 1. The van der Waals surface area contributed by atoms with Crippen LogP contribution >= 0.6 is 11.6 Å². The first-order valence-corrected chi connectivity index (χ1v) is 4.57. The number of halogens is 1. The van der Waals surface area contributed by atoms with Gasteiger partial charge in [0.25, 0.3) is 0 Å². The smallest absolute Gasteiger partial charge is 0.413 e. The molecule has 1 heterocycles. The summed E-state index contributed by atoms with van der Waals surface area (Å²) in [6.07, 6.45) is -0.579. The number of aromatic amines is 1. The van der Waals surface area contributed by atoms with Crippen LogP contribution in [-0.4, -0.2) is 23.2 Å². The van der Waals surface area contributed by atoms with Gasteiger partial charge in [-0.05, 0) is 12.1 Å². The second-order valence-electron chi connectivity index (χ2n) is 2.84. The highest BCUT2D eigenvalue weighted by Gasteiger charge is 2.08. The molecule has 0 aliphatic heterocycles. The predicted octanol–water partition coefficient (Wildman–Crippen LogP) is 2.39. The second kappa shape index (κ2) is 3.78. The van der Waals surface area contributed by atoms with Gasteiger partial charge in [0.2, 0.25) is 5.95 Å². The third-order valence-corrected chi connectivity index (χ3v) is 2.17. The number of ether oxygens (including phenoxy) is 1. The van der Waals surface area contributed by atoms with Crippen LogP contribution in [0.1, 0.15) is 0 Å². The standard InChI is InChI=1S/C9H8ClN3O2/c1-15-9(14)13-8-11-6-4-2-3-5(10)7(6)12-8/h2-4H,1H3,(H2,11,12,13,14). The average Bonchev–Trinajstić information content (AvgIpc) is 2.62. The third-order valence-electron chi connectivity index (χ3n) is 1.87. The number of H-pyrrole nitrogens is 1. The van der Waals surface area contributed by atoms with Crippen LogP contribution in [-0.2, 0) is 4.74 Å². The van der Waals surface area contributed by atoms with Gasteiger partial charge in [0, 0.05) is 0 Å². The molecule has 2 aromatic rings. The van der Waals surface area contributed by atoms with E-state index in [0.717, 1.165) is 5.52 Å². The zero-order chi connectivity index (χ0) is 10.8. The Bertz CT molecular complexity index is 509. The van der Waals surface area contributed by atoms with E-state index in [1.54, 1.807) is 12.1 Å². The van der Waals surface area contributed by atoms with Gasteiger partial charge in [0.1, 0.15) is 5.52 Å². The summed E-state index contributed by atoms with van der Waals surface area (Å²) in [5.41, 5.74) is 1.37. The third kappa shape index (κ3) is 1.87. The summed E-state index contributed by atoms with van der Waals surface area (Å²) < 4.78 is 4.44. The molecule has 5 nitrogen and oxygen atoms in total. The lowest BCUT2D eigenvalue weighted by Gasteiger charge is -1.96. The molecule has 1 aromatic carbocycles. The molecule has 2 rings (SSSR count). The van der Waals surface area contributed by atoms with Gasteiger partial charge in [-0.15, -0.1) is 0 Å². The summed E-state index contributed by atoms with van der Waals surface area (Å²) >= 11 is 5.91. The summed E-state index contributed by atoms with van der Waals surface area (Å²) in [6.45, 7) is 0. The molecule has 0 radical (unpaired) electrons. The Balaban J connectivity index is 2.39. The molecule has 1 amide bonds. The normalized spacial score (nSPS) is 10.3. The number of nitrogens with one attached hydrogen (secondary N) is 2. The van der Waals surface area contributed by atoms with E-state index in [-0.39, 0.29) is 0 Å². The van der Waals surface area contributed by atoms with Crippen LogP contribution in [0.4, 0.5) is 10.7 Å². The van der Waals surface area contributed by atoms with Gasteiger partial charge in [0.05, 0.1) is 17.6 Å². The van der Waals surface area contributed by atoms with Crippen LogP contribution in [0, 0.1) is 0 Å². The van der Waals surface area contributed by atoms with E-state index < -0.39 is 6.09 Å². The van der Waals surface area contributed by atoms with Crippen molar-refractivity contribution in [3.63, 3.8) is 0 Å². The molecule has 0 spiro atoms. The number of carbonyl (C=O) groups is 1. The van der Waals surface area contributed by atoms with Crippen molar-refractivity contribution in [2.45, 2.75) is 0 Å². The summed E-state index contributed by atoms with van der Waals surface area (Å²) in [6, 6.07) is 5.34. The molecule has 1 aromatic heterocycles. The molecule has 0 bridgehead atoms. The summed E-state index contributed by atoms with van der Waals surface area (Å²) in [4.78, 5) is 17.9. The van der Waals surface area contributed by atoms with Crippen molar-refractivity contribution in [2.75, 3.05) is 12.4 Å². The van der Waals surface area contributed by atoms with E-state index in [0.29, 0.717) is 16.5 Å². The highest BCUT2D eigenvalue weighted by Crippen LogP contribution is 2.22. The van der Waals surface area contributed by atoms with Crippen molar-refractivity contribution in [3.05, 3.63) is 23.2 Å². The summed E-state index contributed by atoms with van der Waals surface area (Å²) in [7, 11) is 1.28. The van der Waals surface area contributed by atoms with Crippen LogP contribution < -0.4 is 5.32 Å². The highest BCUT2D eigenvalue weighted by atomic mass is 35.5. The maximum absolute atomic E-state index is 10.9. The number of hydrogen-bond donors (Lipinski definition) is 2. The Hall–Kier alpha value is -1.75. The van der Waals surface area contributed by atoms with E-state index >= 15 is 0 Å². The van der Waals surface area contributed by atoms with Gasteiger partial charge in [-0.3, -0.25) is 5.32 Å². The number of imidazole rings is 1. The van der Waals surface area contributed by atoms with E-state index in [2.05, 4.69) is 20.0 Å². The minimum atomic E-state index is -0.579. The van der Waals surface area contributed by atoms with Crippen molar-refractivity contribution in [1.29, 1.82) is 0 Å². The van der Waals surface area contributed by atoms with Crippen LogP contribution in [0.3, 0.4) is 0 Å². The lowest BCUT2D eigenvalue weighted by Crippen LogP contribution is -2.11. The summed E-state index contributed by atoms with van der Waals surface area (Å²) in [5.74, 6) is 0.310. The number of carbonyl (C=O) groups excluding carboxylic acids is 1. The second-order valence-corrected chi connectivity index (χ2v) is 3.25. The fraction of sp³-hybridized carbons (Fsp3) is 0.111. The highest BCUT2D eigenvalue weighted by molar-refractivity contribution is 6.35. The maximum atomic E-state index is 10.9. The van der Waals surface area contributed by atoms with E-state index in [4.69, 9.17) is 11.6 Å². The number of nitrogens with zero attached hydrogens (tertiary/aromatic N) is 1. The molecule has 78 valence electrons. The fourth-order valence-corrected chi connectivity index (χ4v) is 1.42. The first-order chi connectivity index (χ1) is 7.20. The first kappa shape index (κ1) is 9.79. The Morgan fingerprint density at radius 2 is 2.40 bits per heavy atom. The number of benzene rings is 1. The van der Waals surface area contributed by atoms with Gasteiger partial charge >= 0.3 is 6.09 Å². The molecule has 0 aliphatic rings. The molecular formula is C9H8ClN3O2. The van der Waals surface area contributed by atoms with Gasteiger partial charge in [-0.25, -0.2) is 9.78 Å². The van der Waals surface area contributed by atoms with Crippen LogP contribution in [0.5, 0.6) is 0 Å². The number of methoxy groups -OCH3 is 1. The Morgan fingerprint density at radius 3 is 3.07 bits per heavy atom. The number of fused-ring (bicyclic) bond motifs is 1. The van der Waals surface area contributed by atoms with Gasteiger partial charge in [-0.2, -0.15) is 0 Å². The number of amides is 1. The minimum Gasteiger partial charge on any atom is -0.453 e. The predicted molar refractivity (Wildman–Crippen MR) is 57.1 cm³/mol. The quantitative estimate of drug-likeness (QED) is 0.783. The average molecular weight is 226 g/mol. The monoisotopic (exact) mass is 225 g/mol. The Kier molecular flexibility index (Phi) is 2.47. The SMILES string of the molecule is COC(=O)Nc1nc2c(Cl)cccc2[nH]1. The van der Waals surface area contributed by atoms with E-state index in [1.165, 1.54) is 7.11 Å². The lowest BCUT2D eigenvalue weighted by atomic mass is 10.3. The van der Waals surface area contributed by atoms with Crippen LogP contribution in [0.25, 0.3) is 11.0 Å². The number of aromatic nitrogens is 2. The maximum Gasteiger partial charge on any atom is 0.413 e. The van der Waals surface area contributed by atoms with Gasteiger partial charge in [-0.1, -0.05) is 17.7 Å². The molecule has 0 saturated heterocycles. The molecule has 0 fully saturated rings. The van der Waals surface area contributed by atoms with Crippen molar-refractivity contribution in [1.82, 2.24) is 9.97 Å². The van der Waals surface area contributed by atoms with Crippen molar-refractivity contribution < 1.29 is 9.53 Å². The molecule has 2 N–H and O–H groups in total. The molecule has 15 heavy (non-hydrogen) atoms. The fourth-order valence-electron chi connectivity index (χ4n) is 1.20. The molecule has 6 heteroatoms. The molecular weight excluding hydrogens is 218 g/mol. The number of para-hydroxylation sites is 1.